The molecular weight excluding hydrogens is 472 g/mol. The third-order valence-corrected chi connectivity index (χ3v) is 7.43. The fourth-order valence-corrected chi connectivity index (χ4v) is 5.28. The molecule has 36 heavy (non-hydrogen) atoms. The van der Waals surface area contributed by atoms with Crippen LogP contribution in [-0.4, -0.2) is 29.3 Å². The largest absolute Gasteiger partial charge is 0.484 e. The second kappa shape index (κ2) is 10.9. The number of likely N-dealkylation sites (tertiary alicyclic amines) is 1. The Bertz CT molecular complexity index is 1200. The van der Waals surface area contributed by atoms with Gasteiger partial charge in [0.15, 0.2) is 17.5 Å². The first kappa shape index (κ1) is 24.6. The second-order valence-electron chi connectivity index (χ2n) is 9.52. The number of quaternary nitrogens is 1. The van der Waals surface area contributed by atoms with Gasteiger partial charge in [-0.15, -0.1) is 0 Å². The van der Waals surface area contributed by atoms with Gasteiger partial charge in [0.05, 0.1) is 12.7 Å². The van der Waals surface area contributed by atoms with Gasteiger partial charge in [-0.3, -0.25) is 0 Å². The quantitative estimate of drug-likeness (QED) is 0.360. The standard InChI is InChI=1S/C30H31ClN2O3/c1-2-22-17-18-33(21-28(22)35-26-15-13-25(31)14-16-26)20-27-19-32-29(36-27)30(34,23-9-5-3-6-10-23)24-11-7-4-8-12-24/h3-16,19,22,28,34H,2,17-18,20-21H2,1H3/p+1. The zero-order valence-corrected chi connectivity index (χ0v) is 21.2. The number of hydrogen-bond donors (Lipinski definition) is 2. The Hall–Kier alpha value is -3.12. The third kappa shape index (κ3) is 5.19. The van der Waals surface area contributed by atoms with E-state index in [4.69, 9.17) is 20.8 Å². The molecule has 0 spiro atoms. The Kier molecular flexibility index (Phi) is 7.42. The minimum absolute atomic E-state index is 0.118. The molecule has 5 nitrogen and oxygen atoms in total. The van der Waals surface area contributed by atoms with Crippen LogP contribution >= 0.6 is 11.6 Å². The van der Waals surface area contributed by atoms with Crippen molar-refractivity contribution in [1.82, 2.24) is 4.98 Å². The maximum absolute atomic E-state index is 11.9. The molecule has 5 rings (SSSR count). The minimum Gasteiger partial charge on any atom is -0.484 e. The molecule has 2 heterocycles. The van der Waals surface area contributed by atoms with E-state index in [1.807, 2.05) is 84.9 Å². The van der Waals surface area contributed by atoms with Crippen molar-refractivity contribution in [2.24, 2.45) is 5.92 Å². The number of aromatic nitrogens is 1. The Morgan fingerprint density at radius 3 is 2.25 bits per heavy atom. The van der Waals surface area contributed by atoms with Gasteiger partial charge in [0.2, 0.25) is 5.89 Å². The fraction of sp³-hybridized carbons (Fsp3) is 0.300. The van der Waals surface area contributed by atoms with Gasteiger partial charge in [0.25, 0.3) is 0 Å². The van der Waals surface area contributed by atoms with Crippen LogP contribution in [0.4, 0.5) is 0 Å². The predicted molar refractivity (Wildman–Crippen MR) is 140 cm³/mol. The lowest BCUT2D eigenvalue weighted by Gasteiger charge is -2.35. The Balaban J connectivity index is 1.35. The molecule has 0 aliphatic carbocycles. The number of halogens is 1. The van der Waals surface area contributed by atoms with Crippen molar-refractivity contribution < 1.29 is 19.2 Å². The molecule has 1 fully saturated rings. The van der Waals surface area contributed by atoms with Gasteiger partial charge in [0.1, 0.15) is 18.8 Å². The molecule has 1 saturated heterocycles. The van der Waals surface area contributed by atoms with Crippen LogP contribution in [0.15, 0.2) is 95.5 Å². The molecule has 4 aromatic rings. The number of nitrogens with one attached hydrogen (secondary N) is 1. The van der Waals surface area contributed by atoms with Crippen LogP contribution in [0.5, 0.6) is 5.75 Å². The number of aliphatic hydroxyl groups is 1. The molecule has 1 aromatic heterocycles. The van der Waals surface area contributed by atoms with E-state index in [2.05, 4.69) is 11.9 Å². The normalized spacial score (nSPS) is 20.2. The molecule has 0 saturated carbocycles. The summed E-state index contributed by atoms with van der Waals surface area (Å²) in [5.74, 6) is 2.40. The van der Waals surface area contributed by atoms with Gasteiger partial charge in [-0.25, -0.2) is 4.98 Å². The molecule has 1 aliphatic rings. The maximum Gasteiger partial charge on any atom is 0.236 e. The van der Waals surface area contributed by atoms with Gasteiger partial charge >= 0.3 is 0 Å². The van der Waals surface area contributed by atoms with Crippen molar-refractivity contribution in [2.75, 3.05) is 13.1 Å². The Morgan fingerprint density at radius 1 is 1.00 bits per heavy atom. The SMILES string of the molecule is CCC1CC[NH+](Cc2cnc(C(O)(c3ccccc3)c3ccccc3)o2)CC1Oc1ccc(Cl)cc1. The number of oxazole rings is 1. The van der Waals surface area contributed by atoms with Crippen molar-refractivity contribution in [1.29, 1.82) is 0 Å². The number of ether oxygens (including phenoxy) is 1. The highest BCUT2D eigenvalue weighted by atomic mass is 35.5. The lowest BCUT2D eigenvalue weighted by atomic mass is 9.86. The summed E-state index contributed by atoms with van der Waals surface area (Å²) in [6, 6.07) is 26.7. The Labute approximate surface area is 217 Å². The second-order valence-corrected chi connectivity index (χ2v) is 9.96. The highest BCUT2D eigenvalue weighted by Crippen LogP contribution is 2.36. The topological polar surface area (TPSA) is 59.9 Å². The van der Waals surface area contributed by atoms with Gasteiger partial charge in [0, 0.05) is 17.4 Å². The molecule has 3 unspecified atom stereocenters. The van der Waals surface area contributed by atoms with E-state index in [0.29, 0.717) is 17.5 Å². The van der Waals surface area contributed by atoms with Crippen LogP contribution in [0.3, 0.4) is 0 Å². The third-order valence-electron chi connectivity index (χ3n) is 7.18. The summed E-state index contributed by atoms with van der Waals surface area (Å²) in [6.07, 6.45) is 4.04. The van der Waals surface area contributed by atoms with Crippen molar-refractivity contribution in [3.63, 3.8) is 0 Å². The van der Waals surface area contributed by atoms with Gasteiger partial charge in [-0.2, -0.15) is 0 Å². The molecule has 186 valence electrons. The van der Waals surface area contributed by atoms with Crippen molar-refractivity contribution in [2.45, 2.75) is 38.0 Å². The predicted octanol–water partition coefficient (Wildman–Crippen LogP) is 4.87. The molecule has 0 amide bonds. The molecule has 0 bridgehead atoms. The Morgan fingerprint density at radius 2 is 1.64 bits per heavy atom. The van der Waals surface area contributed by atoms with Crippen molar-refractivity contribution in [3.8, 4) is 5.75 Å². The summed E-state index contributed by atoms with van der Waals surface area (Å²) in [5.41, 5.74) is -0.0276. The number of benzene rings is 3. The highest BCUT2D eigenvalue weighted by Gasteiger charge is 2.39. The highest BCUT2D eigenvalue weighted by molar-refractivity contribution is 6.30. The molecule has 3 aromatic carbocycles. The number of nitrogens with zero attached hydrogens (tertiary/aromatic N) is 1. The maximum atomic E-state index is 11.9. The van der Waals surface area contributed by atoms with Gasteiger partial charge in [-0.1, -0.05) is 79.2 Å². The molecule has 2 N–H and O–H groups in total. The van der Waals surface area contributed by atoms with Crippen LogP contribution < -0.4 is 9.64 Å². The summed E-state index contributed by atoms with van der Waals surface area (Å²) in [4.78, 5) is 5.94. The summed E-state index contributed by atoms with van der Waals surface area (Å²) in [6.45, 7) is 4.82. The van der Waals surface area contributed by atoms with Crippen LogP contribution in [0.1, 0.15) is 42.5 Å². The summed E-state index contributed by atoms with van der Waals surface area (Å²) >= 11 is 6.04. The van der Waals surface area contributed by atoms with Crippen LogP contribution in [0, 0.1) is 5.92 Å². The lowest BCUT2D eigenvalue weighted by molar-refractivity contribution is -0.923. The van der Waals surface area contributed by atoms with E-state index in [0.717, 1.165) is 48.6 Å². The van der Waals surface area contributed by atoms with E-state index in [-0.39, 0.29) is 12.0 Å². The number of piperidine rings is 1. The summed E-state index contributed by atoms with van der Waals surface area (Å²) in [7, 11) is 0. The van der Waals surface area contributed by atoms with Crippen LogP contribution in [0.2, 0.25) is 5.02 Å². The van der Waals surface area contributed by atoms with Crippen LogP contribution in [0.25, 0.3) is 0 Å². The summed E-state index contributed by atoms with van der Waals surface area (Å²) in [5, 5.41) is 12.7. The first-order chi connectivity index (χ1) is 17.6. The van der Waals surface area contributed by atoms with E-state index >= 15 is 0 Å². The van der Waals surface area contributed by atoms with Crippen molar-refractivity contribution >= 4 is 11.6 Å². The van der Waals surface area contributed by atoms with E-state index < -0.39 is 5.60 Å². The smallest absolute Gasteiger partial charge is 0.236 e. The molecule has 0 radical (unpaired) electrons. The minimum atomic E-state index is -1.47. The molecule has 1 aliphatic heterocycles. The van der Waals surface area contributed by atoms with Gasteiger partial charge < -0.3 is 19.2 Å². The van der Waals surface area contributed by atoms with E-state index in [1.54, 1.807) is 6.20 Å². The van der Waals surface area contributed by atoms with E-state index in [9.17, 15) is 5.11 Å². The molecular formula is C30H32ClN2O3+. The zero-order valence-electron chi connectivity index (χ0n) is 20.4. The molecule has 6 heteroatoms. The fourth-order valence-electron chi connectivity index (χ4n) is 5.16. The van der Waals surface area contributed by atoms with Crippen LogP contribution in [-0.2, 0) is 12.1 Å². The number of rotatable bonds is 8. The van der Waals surface area contributed by atoms with Gasteiger partial charge in [-0.05, 0) is 41.8 Å². The first-order valence-corrected chi connectivity index (χ1v) is 13.0. The average molecular weight is 504 g/mol. The van der Waals surface area contributed by atoms with E-state index in [1.165, 1.54) is 4.90 Å². The zero-order chi connectivity index (χ0) is 25.0. The number of hydrogen-bond acceptors (Lipinski definition) is 4. The summed E-state index contributed by atoms with van der Waals surface area (Å²) < 4.78 is 12.6. The molecule has 3 atom stereocenters. The average Bonchev–Trinajstić information content (AvgIpc) is 3.40. The lowest BCUT2D eigenvalue weighted by Crippen LogP contribution is -3.13. The van der Waals surface area contributed by atoms with Crippen molar-refractivity contribution in [3.05, 3.63) is 119 Å². The monoisotopic (exact) mass is 503 g/mol. The first-order valence-electron chi connectivity index (χ1n) is 12.6.